The molecule has 0 atom stereocenters. The summed E-state index contributed by atoms with van der Waals surface area (Å²) < 4.78 is 4.65. The molecule has 1 aliphatic carbocycles. The fraction of sp³-hybridized carbons (Fsp3) is 0.769. The molecule has 0 spiro atoms. The first kappa shape index (κ1) is 14.0. The number of aromatic nitrogens is 2. The maximum absolute atomic E-state index is 12.4. The fourth-order valence-corrected chi connectivity index (χ4v) is 2.71. The first-order valence-corrected chi connectivity index (χ1v) is 7.00. The van der Waals surface area contributed by atoms with Crippen molar-refractivity contribution in [2.24, 2.45) is 11.1 Å². The van der Waals surface area contributed by atoms with Crippen molar-refractivity contribution in [3.05, 3.63) is 12.2 Å². The van der Waals surface area contributed by atoms with Gasteiger partial charge in [-0.2, -0.15) is 4.98 Å². The van der Waals surface area contributed by atoms with Gasteiger partial charge in [-0.1, -0.05) is 30.8 Å². The van der Waals surface area contributed by atoms with E-state index in [0.29, 0.717) is 25.3 Å². The maximum atomic E-state index is 12.4. The van der Waals surface area contributed by atoms with E-state index >= 15 is 0 Å². The molecule has 6 heteroatoms. The molecule has 2 rings (SSSR count). The van der Waals surface area contributed by atoms with Gasteiger partial charge in [0.2, 0.25) is 12.3 Å². The Labute approximate surface area is 113 Å². The molecule has 0 aromatic carbocycles. The Morgan fingerprint density at radius 3 is 2.68 bits per heavy atom. The molecule has 0 radical (unpaired) electrons. The lowest BCUT2D eigenvalue weighted by molar-refractivity contribution is -0.131. The number of amides is 1. The predicted molar refractivity (Wildman–Crippen MR) is 70.2 cm³/mol. The van der Waals surface area contributed by atoms with Crippen LogP contribution in [0.3, 0.4) is 0 Å². The standard InChI is InChI=1S/C13H22N4O2/c14-9-13(6-3-1-2-4-7-13)12(18)15-8-5-11-16-10-19-17-11/h10H,1-9,14H2,(H,15,18). The SMILES string of the molecule is NCC1(C(=O)NCCc2ncon2)CCCCCC1. The number of hydrogen-bond donors (Lipinski definition) is 2. The molecule has 0 unspecified atom stereocenters. The van der Waals surface area contributed by atoms with Gasteiger partial charge >= 0.3 is 0 Å². The minimum absolute atomic E-state index is 0.0837. The summed E-state index contributed by atoms with van der Waals surface area (Å²) in [4.78, 5) is 16.3. The second-order valence-electron chi connectivity index (χ2n) is 5.25. The van der Waals surface area contributed by atoms with Gasteiger partial charge in [-0.05, 0) is 12.8 Å². The third-order valence-corrected chi connectivity index (χ3v) is 3.97. The van der Waals surface area contributed by atoms with Gasteiger partial charge < -0.3 is 15.6 Å². The molecular weight excluding hydrogens is 244 g/mol. The van der Waals surface area contributed by atoms with E-state index in [-0.39, 0.29) is 11.3 Å². The van der Waals surface area contributed by atoms with Crippen molar-refractivity contribution >= 4 is 5.91 Å². The van der Waals surface area contributed by atoms with Crippen molar-refractivity contribution in [1.29, 1.82) is 0 Å². The Morgan fingerprint density at radius 1 is 1.37 bits per heavy atom. The van der Waals surface area contributed by atoms with Crippen LogP contribution in [0.2, 0.25) is 0 Å². The average molecular weight is 266 g/mol. The van der Waals surface area contributed by atoms with Crippen LogP contribution in [0.1, 0.15) is 44.3 Å². The summed E-state index contributed by atoms with van der Waals surface area (Å²) in [6, 6.07) is 0. The number of nitrogens with one attached hydrogen (secondary N) is 1. The summed E-state index contributed by atoms with van der Waals surface area (Å²) in [6.45, 7) is 0.959. The maximum Gasteiger partial charge on any atom is 0.227 e. The summed E-state index contributed by atoms with van der Waals surface area (Å²) in [5.41, 5.74) is 5.51. The Hall–Kier alpha value is -1.43. The van der Waals surface area contributed by atoms with Gasteiger partial charge in [0.15, 0.2) is 5.82 Å². The Kier molecular flexibility index (Phi) is 4.90. The molecule has 106 valence electrons. The molecular formula is C13H22N4O2. The van der Waals surface area contributed by atoms with Gasteiger partial charge in [-0.3, -0.25) is 4.79 Å². The van der Waals surface area contributed by atoms with Crippen LogP contribution in [0.5, 0.6) is 0 Å². The quantitative estimate of drug-likeness (QED) is 0.776. The molecule has 1 saturated carbocycles. The van der Waals surface area contributed by atoms with Crippen LogP contribution in [0.15, 0.2) is 10.9 Å². The summed E-state index contributed by atoms with van der Waals surface area (Å²) in [5.74, 6) is 0.698. The van der Waals surface area contributed by atoms with Crippen LogP contribution < -0.4 is 11.1 Å². The highest BCUT2D eigenvalue weighted by atomic mass is 16.5. The molecule has 3 N–H and O–H groups in total. The lowest BCUT2D eigenvalue weighted by Gasteiger charge is -2.29. The molecule has 0 saturated heterocycles. The van der Waals surface area contributed by atoms with E-state index < -0.39 is 0 Å². The van der Waals surface area contributed by atoms with Crippen LogP contribution in [0.4, 0.5) is 0 Å². The number of nitrogens with zero attached hydrogens (tertiary/aromatic N) is 2. The van der Waals surface area contributed by atoms with E-state index in [1.807, 2.05) is 0 Å². The monoisotopic (exact) mass is 266 g/mol. The van der Waals surface area contributed by atoms with Gasteiger partial charge in [-0.25, -0.2) is 0 Å². The molecule has 1 aliphatic rings. The molecule has 1 aromatic rings. The lowest BCUT2D eigenvalue weighted by atomic mass is 9.79. The highest BCUT2D eigenvalue weighted by molar-refractivity contribution is 5.82. The normalized spacial score (nSPS) is 18.8. The van der Waals surface area contributed by atoms with Gasteiger partial charge in [0.05, 0.1) is 5.41 Å². The van der Waals surface area contributed by atoms with Crippen molar-refractivity contribution in [1.82, 2.24) is 15.5 Å². The Balaban J connectivity index is 1.85. The predicted octanol–water partition coefficient (Wildman–Crippen LogP) is 1.03. The zero-order valence-corrected chi connectivity index (χ0v) is 11.2. The highest BCUT2D eigenvalue weighted by Crippen LogP contribution is 2.34. The van der Waals surface area contributed by atoms with Crippen LogP contribution in [-0.4, -0.2) is 29.1 Å². The lowest BCUT2D eigenvalue weighted by Crippen LogP contribution is -2.46. The first-order valence-electron chi connectivity index (χ1n) is 7.00. The van der Waals surface area contributed by atoms with E-state index in [2.05, 4.69) is 20.0 Å². The van der Waals surface area contributed by atoms with Crippen LogP contribution in [-0.2, 0) is 11.2 Å². The molecule has 1 fully saturated rings. The fourth-order valence-electron chi connectivity index (χ4n) is 2.71. The number of nitrogens with two attached hydrogens (primary N) is 1. The summed E-state index contributed by atoms with van der Waals surface area (Å²) in [7, 11) is 0. The van der Waals surface area contributed by atoms with E-state index in [4.69, 9.17) is 5.73 Å². The topological polar surface area (TPSA) is 94.0 Å². The van der Waals surface area contributed by atoms with Gasteiger partial charge in [0.25, 0.3) is 0 Å². The van der Waals surface area contributed by atoms with Crippen LogP contribution in [0.25, 0.3) is 0 Å². The minimum atomic E-state index is -0.367. The number of rotatable bonds is 5. The molecule has 1 amide bonds. The molecule has 1 aromatic heterocycles. The van der Waals surface area contributed by atoms with Crippen molar-refractivity contribution < 1.29 is 9.32 Å². The van der Waals surface area contributed by atoms with Gasteiger partial charge in [0.1, 0.15) is 0 Å². The van der Waals surface area contributed by atoms with E-state index in [9.17, 15) is 4.79 Å². The van der Waals surface area contributed by atoms with Crippen molar-refractivity contribution in [2.75, 3.05) is 13.1 Å². The molecule has 0 aliphatic heterocycles. The number of hydrogen-bond acceptors (Lipinski definition) is 5. The third kappa shape index (κ3) is 3.53. The number of carbonyl (C=O) groups excluding carboxylic acids is 1. The summed E-state index contributed by atoms with van der Waals surface area (Å²) >= 11 is 0. The Morgan fingerprint density at radius 2 is 2.11 bits per heavy atom. The Bertz CT molecular complexity index is 383. The third-order valence-electron chi connectivity index (χ3n) is 3.97. The van der Waals surface area contributed by atoms with Gasteiger partial charge in [0, 0.05) is 19.5 Å². The molecule has 0 bridgehead atoms. The smallest absolute Gasteiger partial charge is 0.227 e. The van der Waals surface area contributed by atoms with E-state index in [1.165, 1.54) is 19.2 Å². The number of carbonyl (C=O) groups is 1. The molecule has 19 heavy (non-hydrogen) atoms. The zero-order chi connectivity index (χ0) is 13.6. The van der Waals surface area contributed by atoms with Crippen molar-refractivity contribution in [3.63, 3.8) is 0 Å². The largest absolute Gasteiger partial charge is 0.355 e. The second kappa shape index (κ2) is 6.65. The summed E-state index contributed by atoms with van der Waals surface area (Å²) in [6.07, 6.45) is 8.28. The molecule has 1 heterocycles. The first-order chi connectivity index (χ1) is 9.27. The average Bonchev–Trinajstić information content (AvgIpc) is 2.82. The van der Waals surface area contributed by atoms with Crippen molar-refractivity contribution in [2.45, 2.75) is 44.9 Å². The minimum Gasteiger partial charge on any atom is -0.355 e. The van der Waals surface area contributed by atoms with E-state index in [1.54, 1.807) is 0 Å². The van der Waals surface area contributed by atoms with Gasteiger partial charge in [-0.15, -0.1) is 0 Å². The highest BCUT2D eigenvalue weighted by Gasteiger charge is 2.36. The summed E-state index contributed by atoms with van der Waals surface area (Å²) in [5, 5.41) is 6.69. The second-order valence-corrected chi connectivity index (χ2v) is 5.25. The van der Waals surface area contributed by atoms with Crippen molar-refractivity contribution in [3.8, 4) is 0 Å². The van der Waals surface area contributed by atoms with E-state index in [0.717, 1.165) is 25.7 Å². The molecule has 6 nitrogen and oxygen atoms in total. The van der Waals surface area contributed by atoms with Crippen LogP contribution >= 0.6 is 0 Å². The van der Waals surface area contributed by atoms with Crippen LogP contribution in [0, 0.1) is 5.41 Å². The zero-order valence-electron chi connectivity index (χ0n) is 11.2.